The van der Waals surface area contributed by atoms with Crippen LogP contribution < -0.4 is 16.0 Å². The fraction of sp³-hybridized carbons (Fsp3) is 0.765. The molecule has 27 heavy (non-hydrogen) atoms. The van der Waals surface area contributed by atoms with Crippen molar-refractivity contribution in [3.63, 3.8) is 0 Å². The van der Waals surface area contributed by atoms with E-state index >= 15 is 0 Å². The molecule has 0 aliphatic heterocycles. The van der Waals surface area contributed by atoms with Crippen molar-refractivity contribution in [3.05, 3.63) is 0 Å². The van der Waals surface area contributed by atoms with Crippen molar-refractivity contribution < 1.29 is 29.4 Å². The molecular weight excluding hydrogens is 356 g/mol. The van der Waals surface area contributed by atoms with Crippen LogP contribution in [0.15, 0.2) is 0 Å². The van der Waals surface area contributed by atoms with Crippen molar-refractivity contribution in [3.8, 4) is 0 Å². The zero-order valence-corrected chi connectivity index (χ0v) is 16.8. The van der Waals surface area contributed by atoms with E-state index in [1.54, 1.807) is 41.8 Å². The number of carboxylic acid groups (broad SMARTS) is 1. The highest BCUT2D eigenvalue weighted by Gasteiger charge is 2.34. The molecule has 0 spiro atoms. The number of rotatable bonds is 9. The zero-order valence-electron chi connectivity index (χ0n) is 16.8. The molecule has 0 bridgehead atoms. The molecule has 0 aromatic heterocycles. The molecule has 0 fully saturated rings. The summed E-state index contributed by atoms with van der Waals surface area (Å²) in [6, 6.07) is -1.77. The van der Waals surface area contributed by atoms with Crippen LogP contribution in [0.5, 0.6) is 0 Å². The quantitative estimate of drug-likeness (QED) is 0.360. The number of aliphatic hydroxyl groups is 1. The van der Waals surface area contributed by atoms with Crippen LogP contribution in [0.1, 0.15) is 40.5 Å². The lowest BCUT2D eigenvalue weighted by atomic mass is 9.86. The molecule has 0 rings (SSSR count). The summed E-state index contributed by atoms with van der Waals surface area (Å²) in [5.74, 6) is -1.75. The number of hydrogen-bond acceptors (Lipinski definition) is 5. The van der Waals surface area contributed by atoms with Crippen LogP contribution in [-0.4, -0.2) is 77.8 Å². The van der Waals surface area contributed by atoms with Crippen molar-refractivity contribution >= 4 is 23.8 Å². The van der Waals surface area contributed by atoms with Crippen LogP contribution in [0.3, 0.4) is 0 Å². The van der Waals surface area contributed by atoms with Gasteiger partial charge in [0.1, 0.15) is 6.04 Å². The van der Waals surface area contributed by atoms with E-state index in [1.165, 1.54) is 4.90 Å². The van der Waals surface area contributed by atoms with Gasteiger partial charge >= 0.3 is 6.09 Å². The fourth-order valence-electron chi connectivity index (χ4n) is 2.35. The van der Waals surface area contributed by atoms with Gasteiger partial charge in [-0.2, -0.15) is 0 Å². The molecule has 10 heteroatoms. The molecule has 10 nitrogen and oxygen atoms in total. The molecule has 5 N–H and O–H groups in total. The molecule has 0 saturated heterocycles. The van der Waals surface area contributed by atoms with Crippen molar-refractivity contribution in [1.29, 1.82) is 0 Å². The van der Waals surface area contributed by atoms with Gasteiger partial charge in [-0.3, -0.25) is 14.4 Å². The van der Waals surface area contributed by atoms with E-state index < -0.39 is 48.1 Å². The SMILES string of the molecule is CCC[C@H](NC(=O)O)C(O)C(=O)NCC(=O)N[C@H](C(=O)N(C)C)C(C)(C)C. The minimum atomic E-state index is -1.63. The molecular formula is C17H32N4O6. The van der Waals surface area contributed by atoms with Gasteiger partial charge in [0.15, 0.2) is 6.10 Å². The van der Waals surface area contributed by atoms with Crippen LogP contribution in [0, 0.1) is 5.41 Å². The van der Waals surface area contributed by atoms with Gasteiger partial charge in [0.25, 0.3) is 5.91 Å². The zero-order chi connectivity index (χ0) is 21.4. The molecule has 0 radical (unpaired) electrons. The third-order valence-electron chi connectivity index (χ3n) is 3.84. The highest BCUT2D eigenvalue weighted by molar-refractivity contribution is 5.91. The van der Waals surface area contributed by atoms with Crippen molar-refractivity contribution in [1.82, 2.24) is 20.9 Å². The van der Waals surface area contributed by atoms with Gasteiger partial charge < -0.3 is 31.1 Å². The Morgan fingerprint density at radius 1 is 1.07 bits per heavy atom. The Bertz CT molecular complexity index is 544. The molecule has 3 atom stereocenters. The average molecular weight is 388 g/mol. The minimum absolute atomic E-state index is 0.260. The van der Waals surface area contributed by atoms with E-state index in [4.69, 9.17) is 5.11 Å². The summed E-state index contributed by atoms with van der Waals surface area (Å²) in [7, 11) is 3.16. The van der Waals surface area contributed by atoms with Gasteiger partial charge in [-0.1, -0.05) is 34.1 Å². The van der Waals surface area contributed by atoms with Crippen molar-refractivity contribution in [2.45, 2.75) is 58.7 Å². The lowest BCUT2D eigenvalue weighted by Gasteiger charge is -2.32. The summed E-state index contributed by atoms with van der Waals surface area (Å²) in [5, 5.41) is 25.7. The predicted octanol–water partition coefficient (Wildman–Crippen LogP) is -0.481. The molecule has 0 aromatic rings. The Kier molecular flexibility index (Phi) is 9.77. The van der Waals surface area contributed by atoms with E-state index in [0.717, 1.165) is 0 Å². The summed E-state index contributed by atoms with van der Waals surface area (Å²) in [6.07, 6.45) is -2.17. The lowest BCUT2D eigenvalue weighted by Crippen LogP contribution is -2.56. The van der Waals surface area contributed by atoms with Crippen LogP contribution in [0.2, 0.25) is 0 Å². The standard InChI is InChI=1S/C17H32N4O6/c1-7-8-10(19-16(26)27)12(23)14(24)18-9-11(22)20-13(17(2,3)4)15(25)21(5)6/h10,12-13,19,23H,7-9H2,1-6H3,(H,18,24)(H,20,22)(H,26,27)/t10-,12?,13+/m0/s1. The maximum Gasteiger partial charge on any atom is 0.404 e. The number of likely N-dealkylation sites (N-methyl/N-ethyl adjacent to an activating group) is 1. The Balaban J connectivity index is 4.84. The maximum absolute atomic E-state index is 12.3. The summed E-state index contributed by atoms with van der Waals surface area (Å²) < 4.78 is 0. The summed E-state index contributed by atoms with van der Waals surface area (Å²) in [6.45, 7) is 6.73. The molecule has 4 amide bonds. The molecule has 0 saturated carbocycles. The Labute approximate surface area is 159 Å². The number of amides is 4. The highest BCUT2D eigenvalue weighted by Crippen LogP contribution is 2.20. The molecule has 156 valence electrons. The largest absolute Gasteiger partial charge is 0.465 e. The normalized spacial score (nSPS) is 14.5. The number of carbonyl (C=O) groups excluding carboxylic acids is 3. The number of nitrogens with zero attached hydrogens (tertiary/aromatic N) is 1. The minimum Gasteiger partial charge on any atom is -0.465 e. The Morgan fingerprint density at radius 3 is 2.04 bits per heavy atom. The summed E-state index contributed by atoms with van der Waals surface area (Å²) in [5.41, 5.74) is -0.543. The number of nitrogens with one attached hydrogen (secondary N) is 3. The first-order chi connectivity index (χ1) is 12.3. The van der Waals surface area contributed by atoms with Crippen LogP contribution in [-0.2, 0) is 14.4 Å². The second-order valence-electron chi connectivity index (χ2n) is 7.61. The Hall–Kier alpha value is -2.36. The highest BCUT2D eigenvalue weighted by atomic mass is 16.4. The third-order valence-corrected chi connectivity index (χ3v) is 3.84. The van der Waals surface area contributed by atoms with Gasteiger partial charge in [0, 0.05) is 14.1 Å². The first-order valence-corrected chi connectivity index (χ1v) is 8.77. The Morgan fingerprint density at radius 2 is 1.63 bits per heavy atom. The number of aliphatic hydroxyl groups excluding tert-OH is 1. The lowest BCUT2D eigenvalue weighted by molar-refractivity contribution is -0.137. The first kappa shape index (κ1) is 24.6. The van der Waals surface area contributed by atoms with E-state index in [9.17, 15) is 24.3 Å². The number of hydrogen-bond donors (Lipinski definition) is 5. The summed E-state index contributed by atoms with van der Waals surface area (Å²) in [4.78, 5) is 48.5. The van der Waals surface area contributed by atoms with Crippen LogP contribution in [0.4, 0.5) is 4.79 Å². The second-order valence-corrected chi connectivity index (χ2v) is 7.61. The van der Waals surface area contributed by atoms with Gasteiger partial charge in [0.2, 0.25) is 11.8 Å². The molecule has 0 aliphatic rings. The molecule has 1 unspecified atom stereocenters. The van der Waals surface area contributed by atoms with Crippen molar-refractivity contribution in [2.75, 3.05) is 20.6 Å². The van der Waals surface area contributed by atoms with Gasteiger partial charge in [0.05, 0.1) is 12.6 Å². The van der Waals surface area contributed by atoms with Gasteiger partial charge in [-0.05, 0) is 11.8 Å². The van der Waals surface area contributed by atoms with E-state index in [1.807, 2.05) is 0 Å². The fourth-order valence-corrected chi connectivity index (χ4v) is 2.35. The number of carbonyl (C=O) groups is 4. The second kappa shape index (κ2) is 10.7. The first-order valence-electron chi connectivity index (χ1n) is 8.77. The monoisotopic (exact) mass is 388 g/mol. The van der Waals surface area contributed by atoms with Gasteiger partial charge in [-0.25, -0.2) is 4.79 Å². The van der Waals surface area contributed by atoms with Gasteiger partial charge in [-0.15, -0.1) is 0 Å². The summed E-state index contributed by atoms with van der Waals surface area (Å²) >= 11 is 0. The van der Waals surface area contributed by atoms with E-state index in [2.05, 4.69) is 16.0 Å². The predicted molar refractivity (Wildman–Crippen MR) is 99.0 cm³/mol. The van der Waals surface area contributed by atoms with E-state index in [-0.39, 0.29) is 12.3 Å². The van der Waals surface area contributed by atoms with Crippen molar-refractivity contribution in [2.24, 2.45) is 5.41 Å². The topological polar surface area (TPSA) is 148 Å². The van der Waals surface area contributed by atoms with Crippen LogP contribution >= 0.6 is 0 Å². The smallest absolute Gasteiger partial charge is 0.404 e. The maximum atomic E-state index is 12.3. The van der Waals surface area contributed by atoms with Crippen LogP contribution in [0.25, 0.3) is 0 Å². The molecule has 0 aliphatic carbocycles. The average Bonchev–Trinajstić information content (AvgIpc) is 2.54. The third kappa shape index (κ3) is 8.72. The van der Waals surface area contributed by atoms with E-state index in [0.29, 0.717) is 6.42 Å². The molecule has 0 aromatic carbocycles. The molecule has 0 heterocycles.